The van der Waals surface area contributed by atoms with Crippen LogP contribution in [0.5, 0.6) is 0 Å². The standard InChI is InChI=1S/C12H19BrN2OS/c1-15(10-2-4-16-5-3-10)11(7-14)12-6-9(13)8-17-12/h6,8,10-11H,2-5,7,14H2,1H3. The van der Waals surface area contributed by atoms with Gasteiger partial charge in [0, 0.05) is 40.5 Å². The van der Waals surface area contributed by atoms with Crippen molar-refractivity contribution in [2.45, 2.75) is 24.9 Å². The van der Waals surface area contributed by atoms with E-state index < -0.39 is 0 Å². The first kappa shape index (κ1) is 13.5. The summed E-state index contributed by atoms with van der Waals surface area (Å²) in [6.07, 6.45) is 2.22. The molecule has 2 heterocycles. The van der Waals surface area contributed by atoms with Crippen molar-refractivity contribution >= 4 is 27.3 Å². The minimum absolute atomic E-state index is 0.328. The summed E-state index contributed by atoms with van der Waals surface area (Å²) in [7, 11) is 2.18. The van der Waals surface area contributed by atoms with E-state index in [1.54, 1.807) is 11.3 Å². The molecule has 0 radical (unpaired) electrons. The van der Waals surface area contributed by atoms with Crippen LogP contribution >= 0.6 is 27.3 Å². The molecule has 1 aromatic rings. The molecule has 3 nitrogen and oxygen atoms in total. The molecule has 1 unspecified atom stereocenters. The highest BCUT2D eigenvalue weighted by Gasteiger charge is 2.25. The fraction of sp³-hybridized carbons (Fsp3) is 0.667. The van der Waals surface area contributed by atoms with Gasteiger partial charge in [-0.2, -0.15) is 0 Å². The van der Waals surface area contributed by atoms with Gasteiger partial charge in [-0.05, 0) is 41.9 Å². The second-order valence-electron chi connectivity index (χ2n) is 4.43. The molecule has 0 aromatic carbocycles. The minimum Gasteiger partial charge on any atom is -0.381 e. The van der Waals surface area contributed by atoms with Gasteiger partial charge in [0.15, 0.2) is 0 Å². The van der Waals surface area contributed by atoms with E-state index in [0.717, 1.165) is 30.5 Å². The molecule has 1 fully saturated rings. The van der Waals surface area contributed by atoms with Crippen molar-refractivity contribution in [3.8, 4) is 0 Å². The zero-order valence-corrected chi connectivity index (χ0v) is 12.5. The minimum atomic E-state index is 0.328. The lowest BCUT2D eigenvalue weighted by atomic mass is 10.0. The van der Waals surface area contributed by atoms with Crippen LogP contribution in [0, 0.1) is 0 Å². The molecule has 1 aromatic heterocycles. The molecule has 0 spiro atoms. The fourth-order valence-electron chi connectivity index (χ4n) is 2.33. The van der Waals surface area contributed by atoms with Crippen LogP contribution in [0.25, 0.3) is 0 Å². The summed E-state index contributed by atoms with van der Waals surface area (Å²) in [6, 6.07) is 3.10. The highest BCUT2D eigenvalue weighted by atomic mass is 79.9. The number of hydrogen-bond donors (Lipinski definition) is 1. The Morgan fingerprint density at radius 2 is 2.29 bits per heavy atom. The van der Waals surface area contributed by atoms with Crippen LogP contribution in [0.4, 0.5) is 0 Å². The Morgan fingerprint density at radius 3 is 2.82 bits per heavy atom. The first-order valence-corrected chi connectivity index (χ1v) is 7.63. The Hall–Kier alpha value is 0.0600. The van der Waals surface area contributed by atoms with Crippen LogP contribution in [-0.2, 0) is 4.74 Å². The lowest BCUT2D eigenvalue weighted by molar-refractivity contribution is 0.0299. The van der Waals surface area contributed by atoms with Crippen molar-refractivity contribution in [2.75, 3.05) is 26.8 Å². The number of thiophene rings is 1. The quantitative estimate of drug-likeness (QED) is 0.927. The van der Waals surface area contributed by atoms with E-state index in [4.69, 9.17) is 10.5 Å². The number of halogens is 1. The van der Waals surface area contributed by atoms with E-state index in [-0.39, 0.29) is 0 Å². The van der Waals surface area contributed by atoms with E-state index >= 15 is 0 Å². The van der Waals surface area contributed by atoms with Crippen molar-refractivity contribution in [1.29, 1.82) is 0 Å². The first-order valence-electron chi connectivity index (χ1n) is 5.96. The third-order valence-corrected chi connectivity index (χ3v) is 5.19. The molecule has 0 bridgehead atoms. The van der Waals surface area contributed by atoms with Gasteiger partial charge >= 0.3 is 0 Å². The van der Waals surface area contributed by atoms with Crippen LogP contribution in [0.2, 0.25) is 0 Å². The number of hydrogen-bond acceptors (Lipinski definition) is 4. The van der Waals surface area contributed by atoms with Gasteiger partial charge in [-0.15, -0.1) is 11.3 Å². The molecule has 0 amide bonds. The molecule has 1 atom stereocenters. The van der Waals surface area contributed by atoms with Crippen LogP contribution in [0.3, 0.4) is 0 Å². The average Bonchev–Trinajstić information content (AvgIpc) is 2.78. The molecule has 17 heavy (non-hydrogen) atoms. The molecule has 5 heteroatoms. The maximum absolute atomic E-state index is 5.94. The van der Waals surface area contributed by atoms with E-state index in [1.807, 2.05) is 0 Å². The Morgan fingerprint density at radius 1 is 1.59 bits per heavy atom. The van der Waals surface area contributed by atoms with Gasteiger partial charge < -0.3 is 10.5 Å². The Balaban J connectivity index is 2.06. The highest BCUT2D eigenvalue weighted by Crippen LogP contribution is 2.30. The Bertz CT molecular complexity index is 352. The molecule has 1 saturated heterocycles. The van der Waals surface area contributed by atoms with E-state index in [2.05, 4.69) is 39.3 Å². The zero-order valence-electron chi connectivity index (χ0n) is 10.1. The first-order chi connectivity index (χ1) is 8.22. The predicted octanol–water partition coefficient (Wildman–Crippen LogP) is 2.62. The van der Waals surface area contributed by atoms with E-state index in [1.165, 1.54) is 4.88 Å². The Labute approximate surface area is 115 Å². The molecule has 96 valence electrons. The number of nitrogens with two attached hydrogens (primary N) is 1. The second-order valence-corrected chi connectivity index (χ2v) is 6.29. The summed E-state index contributed by atoms with van der Waals surface area (Å²) < 4.78 is 6.56. The number of nitrogens with zero attached hydrogens (tertiary/aromatic N) is 1. The molecule has 2 N–H and O–H groups in total. The maximum Gasteiger partial charge on any atom is 0.0564 e. The lowest BCUT2D eigenvalue weighted by Gasteiger charge is -2.36. The number of likely N-dealkylation sites (N-methyl/N-ethyl adjacent to an activating group) is 1. The summed E-state index contributed by atoms with van der Waals surface area (Å²) in [5, 5.41) is 2.12. The second kappa shape index (κ2) is 6.29. The van der Waals surface area contributed by atoms with Gasteiger partial charge in [-0.3, -0.25) is 4.90 Å². The molecule has 1 aliphatic heterocycles. The van der Waals surface area contributed by atoms with Gasteiger partial charge in [-0.25, -0.2) is 0 Å². The highest BCUT2D eigenvalue weighted by molar-refractivity contribution is 9.10. The van der Waals surface area contributed by atoms with Crippen LogP contribution in [0.1, 0.15) is 23.8 Å². The van der Waals surface area contributed by atoms with Gasteiger partial charge in [-0.1, -0.05) is 0 Å². The summed E-state index contributed by atoms with van der Waals surface area (Å²) in [6.45, 7) is 2.42. The summed E-state index contributed by atoms with van der Waals surface area (Å²) in [5.41, 5.74) is 5.94. The number of rotatable bonds is 4. The molecular formula is C12H19BrN2OS. The summed E-state index contributed by atoms with van der Waals surface area (Å²) in [4.78, 5) is 3.76. The van der Waals surface area contributed by atoms with Crippen molar-refractivity contribution in [1.82, 2.24) is 4.90 Å². The molecule has 2 rings (SSSR count). The third kappa shape index (κ3) is 3.29. The Kier molecular flexibility index (Phi) is 4.99. The smallest absolute Gasteiger partial charge is 0.0564 e. The predicted molar refractivity (Wildman–Crippen MR) is 75.4 cm³/mol. The van der Waals surface area contributed by atoms with Gasteiger partial charge in [0.2, 0.25) is 0 Å². The van der Waals surface area contributed by atoms with Gasteiger partial charge in [0.1, 0.15) is 0 Å². The van der Waals surface area contributed by atoms with Crippen molar-refractivity contribution < 1.29 is 4.74 Å². The largest absolute Gasteiger partial charge is 0.381 e. The van der Waals surface area contributed by atoms with E-state index in [9.17, 15) is 0 Å². The van der Waals surface area contributed by atoms with Crippen molar-refractivity contribution in [3.63, 3.8) is 0 Å². The van der Waals surface area contributed by atoms with Gasteiger partial charge in [0.25, 0.3) is 0 Å². The van der Waals surface area contributed by atoms with E-state index in [0.29, 0.717) is 18.6 Å². The maximum atomic E-state index is 5.94. The number of ether oxygens (including phenoxy) is 1. The SMILES string of the molecule is CN(C1CCOCC1)C(CN)c1cc(Br)cs1. The summed E-state index contributed by atoms with van der Waals surface area (Å²) in [5.74, 6) is 0. The van der Waals surface area contributed by atoms with Gasteiger partial charge in [0.05, 0.1) is 6.04 Å². The molecule has 0 saturated carbocycles. The summed E-state index contributed by atoms with van der Waals surface area (Å²) >= 11 is 5.28. The lowest BCUT2D eigenvalue weighted by Crippen LogP contribution is -2.41. The average molecular weight is 319 g/mol. The fourth-order valence-corrected chi connectivity index (χ4v) is 3.94. The molecule has 0 aliphatic carbocycles. The van der Waals surface area contributed by atoms with Crippen LogP contribution in [-0.4, -0.2) is 37.7 Å². The van der Waals surface area contributed by atoms with Crippen molar-refractivity contribution in [2.24, 2.45) is 5.73 Å². The molecule has 1 aliphatic rings. The zero-order chi connectivity index (χ0) is 12.3. The third-order valence-electron chi connectivity index (χ3n) is 3.40. The molecular weight excluding hydrogens is 300 g/mol. The topological polar surface area (TPSA) is 38.5 Å². The normalized spacial score (nSPS) is 19.8. The van der Waals surface area contributed by atoms with Crippen molar-refractivity contribution in [3.05, 3.63) is 20.8 Å². The van der Waals surface area contributed by atoms with Crippen LogP contribution in [0.15, 0.2) is 15.9 Å². The van der Waals surface area contributed by atoms with Crippen LogP contribution < -0.4 is 5.73 Å². The monoisotopic (exact) mass is 318 g/mol.